The van der Waals surface area contributed by atoms with Crippen LogP contribution in [0.2, 0.25) is 0 Å². The zero-order chi connectivity index (χ0) is 21.1. The smallest absolute Gasteiger partial charge is 0.426 e. The number of rotatable bonds is 6. The van der Waals surface area contributed by atoms with E-state index in [0.717, 1.165) is 18.9 Å². The summed E-state index contributed by atoms with van der Waals surface area (Å²) in [5, 5.41) is 0. The van der Waals surface area contributed by atoms with E-state index in [2.05, 4.69) is 20.7 Å². The highest BCUT2D eigenvalue weighted by Crippen LogP contribution is 2.31. The van der Waals surface area contributed by atoms with Crippen LogP contribution in [0.25, 0.3) is 0 Å². The van der Waals surface area contributed by atoms with Crippen LogP contribution in [-0.2, 0) is 19.6 Å². The maximum absolute atomic E-state index is 13.0. The number of hydrogen-bond donors (Lipinski definition) is 1. The first-order valence-corrected chi connectivity index (χ1v) is 10.5. The third-order valence-electron chi connectivity index (χ3n) is 4.04. The minimum atomic E-state index is -5.23. The molecule has 0 radical (unpaired) electrons. The summed E-state index contributed by atoms with van der Waals surface area (Å²) in [6, 6.07) is 3.61. The van der Waals surface area contributed by atoms with Crippen molar-refractivity contribution in [3.63, 3.8) is 0 Å². The predicted molar refractivity (Wildman–Crippen MR) is 93.4 cm³/mol. The number of hydrogen-bond acceptors (Lipinski definition) is 6. The number of alkyl halides is 3. The Balaban J connectivity index is 2.25. The molecule has 0 bridgehead atoms. The first-order chi connectivity index (χ1) is 12.9. The van der Waals surface area contributed by atoms with Crippen LogP contribution in [0.4, 0.5) is 13.2 Å². The van der Waals surface area contributed by atoms with Crippen molar-refractivity contribution in [3.05, 3.63) is 28.2 Å². The molecule has 0 aromatic heterocycles. The summed E-state index contributed by atoms with van der Waals surface area (Å²) < 4.78 is 79.0. The molecule has 1 aliphatic rings. The summed E-state index contributed by atoms with van der Waals surface area (Å²) >= 11 is 3.11. The van der Waals surface area contributed by atoms with Crippen molar-refractivity contribution in [1.82, 2.24) is 0 Å². The minimum Gasteiger partial charge on any atom is -0.448 e. The van der Waals surface area contributed by atoms with E-state index in [1.807, 2.05) is 0 Å². The normalized spacial score (nSPS) is 16.6. The molecule has 1 atom stereocenters. The van der Waals surface area contributed by atoms with E-state index in [9.17, 15) is 31.2 Å². The van der Waals surface area contributed by atoms with Gasteiger partial charge in [0.25, 0.3) is 10.1 Å². The number of esters is 2. The molecule has 0 aliphatic heterocycles. The molecule has 0 heterocycles. The molecule has 28 heavy (non-hydrogen) atoms. The summed E-state index contributed by atoms with van der Waals surface area (Å²) in [6.45, 7) is 0. The van der Waals surface area contributed by atoms with Crippen molar-refractivity contribution in [2.75, 3.05) is 5.75 Å². The van der Waals surface area contributed by atoms with E-state index < -0.39 is 45.7 Å². The van der Waals surface area contributed by atoms with Gasteiger partial charge in [0.15, 0.2) is 0 Å². The number of benzene rings is 1. The average Bonchev–Trinajstić information content (AvgIpc) is 3.06. The van der Waals surface area contributed by atoms with Gasteiger partial charge >= 0.3 is 18.1 Å². The van der Waals surface area contributed by atoms with Gasteiger partial charge in [-0.15, -0.1) is 0 Å². The standard InChI is InChI=1S/C16H16BrF3O7S/c17-10-5-6-11(12(7-10)26-14(21)9-3-1-2-4-9)15(22)27-13(16(18,19)20)8-28(23,24)25/h5-7,9,13H,1-4,8H2,(H,23,24,25). The Morgan fingerprint density at radius 1 is 1.25 bits per heavy atom. The molecule has 1 aromatic carbocycles. The Morgan fingerprint density at radius 3 is 2.39 bits per heavy atom. The fraction of sp³-hybridized carbons (Fsp3) is 0.500. The van der Waals surface area contributed by atoms with Crippen LogP contribution in [0.3, 0.4) is 0 Å². The number of ether oxygens (including phenoxy) is 2. The molecule has 0 amide bonds. The molecule has 1 saturated carbocycles. The Morgan fingerprint density at radius 2 is 1.86 bits per heavy atom. The molecule has 156 valence electrons. The number of carbonyl (C=O) groups is 2. The van der Waals surface area contributed by atoms with Gasteiger partial charge in [-0.05, 0) is 31.0 Å². The van der Waals surface area contributed by atoms with Gasteiger partial charge in [-0.2, -0.15) is 21.6 Å². The van der Waals surface area contributed by atoms with Crippen molar-refractivity contribution in [2.45, 2.75) is 38.0 Å². The predicted octanol–water partition coefficient (Wildman–Crippen LogP) is 3.52. The summed E-state index contributed by atoms with van der Waals surface area (Å²) in [7, 11) is -5.07. The lowest BCUT2D eigenvalue weighted by Crippen LogP contribution is -2.39. The van der Waals surface area contributed by atoms with Gasteiger partial charge < -0.3 is 9.47 Å². The van der Waals surface area contributed by atoms with Gasteiger partial charge in [0.05, 0.1) is 5.92 Å². The zero-order valence-electron chi connectivity index (χ0n) is 14.2. The van der Waals surface area contributed by atoms with Gasteiger partial charge in [0.1, 0.15) is 17.1 Å². The van der Waals surface area contributed by atoms with E-state index in [-0.39, 0.29) is 11.7 Å². The molecule has 1 aliphatic carbocycles. The number of carbonyl (C=O) groups excluding carboxylic acids is 2. The Hall–Kier alpha value is -1.66. The van der Waals surface area contributed by atoms with Crippen molar-refractivity contribution < 1.29 is 45.2 Å². The quantitative estimate of drug-likeness (QED) is 0.370. The van der Waals surface area contributed by atoms with Crippen LogP contribution in [0.5, 0.6) is 5.75 Å². The highest BCUT2D eigenvalue weighted by Gasteiger charge is 2.46. The summed E-state index contributed by atoms with van der Waals surface area (Å²) in [4.78, 5) is 24.4. The molecule has 12 heteroatoms. The van der Waals surface area contributed by atoms with Gasteiger partial charge in [-0.25, -0.2) is 4.79 Å². The molecule has 1 aromatic rings. The van der Waals surface area contributed by atoms with Crippen LogP contribution in [0, 0.1) is 5.92 Å². The monoisotopic (exact) mass is 488 g/mol. The number of halogens is 4. The Labute approximate surface area is 167 Å². The first-order valence-electron chi connectivity index (χ1n) is 8.11. The van der Waals surface area contributed by atoms with Crippen molar-refractivity contribution in [2.24, 2.45) is 5.92 Å². The maximum Gasteiger partial charge on any atom is 0.426 e. The van der Waals surface area contributed by atoms with Gasteiger partial charge in [0.2, 0.25) is 6.10 Å². The summed E-state index contributed by atoms with van der Waals surface area (Å²) in [6.07, 6.45) is -5.42. The molecule has 7 nitrogen and oxygen atoms in total. The highest BCUT2D eigenvalue weighted by molar-refractivity contribution is 9.10. The van der Waals surface area contributed by atoms with Crippen molar-refractivity contribution in [1.29, 1.82) is 0 Å². The fourth-order valence-corrected chi connectivity index (χ4v) is 3.66. The lowest BCUT2D eigenvalue weighted by Gasteiger charge is -2.20. The summed E-state index contributed by atoms with van der Waals surface area (Å²) in [5.41, 5.74) is -0.487. The third kappa shape index (κ3) is 6.45. The van der Waals surface area contributed by atoms with E-state index in [1.54, 1.807) is 0 Å². The second-order valence-electron chi connectivity index (χ2n) is 6.23. The Kier molecular flexibility index (Phi) is 7.10. The van der Waals surface area contributed by atoms with Crippen molar-refractivity contribution >= 4 is 38.0 Å². The molecular weight excluding hydrogens is 473 g/mol. The van der Waals surface area contributed by atoms with Crippen LogP contribution < -0.4 is 4.74 Å². The fourth-order valence-electron chi connectivity index (χ4n) is 2.68. The largest absolute Gasteiger partial charge is 0.448 e. The van der Waals surface area contributed by atoms with E-state index >= 15 is 0 Å². The lowest BCUT2D eigenvalue weighted by molar-refractivity contribution is -0.197. The second-order valence-corrected chi connectivity index (χ2v) is 8.64. The SMILES string of the molecule is O=C(OC(CS(=O)(=O)O)C(F)(F)F)c1ccc(Br)cc1OC(=O)C1CCCC1. The topological polar surface area (TPSA) is 107 Å². The molecule has 0 spiro atoms. The highest BCUT2D eigenvalue weighted by atomic mass is 79.9. The molecule has 0 saturated heterocycles. The van der Waals surface area contributed by atoms with Crippen LogP contribution in [0.1, 0.15) is 36.0 Å². The van der Waals surface area contributed by atoms with Gasteiger partial charge in [-0.1, -0.05) is 28.8 Å². The lowest BCUT2D eigenvalue weighted by atomic mass is 10.1. The van der Waals surface area contributed by atoms with Crippen LogP contribution >= 0.6 is 15.9 Å². The maximum atomic E-state index is 13.0. The molecule has 1 fully saturated rings. The van der Waals surface area contributed by atoms with Crippen LogP contribution in [0.15, 0.2) is 22.7 Å². The van der Waals surface area contributed by atoms with E-state index in [4.69, 9.17) is 9.29 Å². The van der Waals surface area contributed by atoms with Gasteiger partial charge in [0, 0.05) is 4.47 Å². The molecule has 1 unspecified atom stereocenters. The molecular formula is C16H16BrF3O7S. The molecule has 1 N–H and O–H groups in total. The minimum absolute atomic E-state index is 0.316. The average molecular weight is 489 g/mol. The van der Waals surface area contributed by atoms with E-state index in [0.29, 0.717) is 17.3 Å². The summed E-state index contributed by atoms with van der Waals surface area (Å²) in [5.74, 6) is -4.70. The van der Waals surface area contributed by atoms with E-state index in [1.165, 1.54) is 12.1 Å². The van der Waals surface area contributed by atoms with Gasteiger partial charge in [-0.3, -0.25) is 9.35 Å². The third-order valence-corrected chi connectivity index (χ3v) is 5.26. The van der Waals surface area contributed by atoms with Crippen molar-refractivity contribution in [3.8, 4) is 5.75 Å². The Bertz CT molecular complexity index is 848. The zero-order valence-corrected chi connectivity index (χ0v) is 16.6. The molecule has 2 rings (SSSR count). The van der Waals surface area contributed by atoms with Crippen LogP contribution in [-0.4, -0.2) is 42.9 Å². The second kappa shape index (κ2) is 8.78. The first kappa shape index (κ1) is 22.6.